The summed E-state index contributed by atoms with van der Waals surface area (Å²) < 4.78 is 12.2. The second-order valence-corrected chi connectivity index (χ2v) is 10.4. The number of rotatable bonds is 7. The third kappa shape index (κ3) is 6.01. The molecule has 0 aliphatic carbocycles. The molecule has 0 aromatic heterocycles. The Kier molecular flexibility index (Phi) is 8.26. The number of carbonyl (C=O) groups is 2. The first-order valence-corrected chi connectivity index (χ1v) is 13.0. The lowest BCUT2D eigenvalue weighted by Gasteiger charge is -2.13. The topological polar surface area (TPSA) is 88.4 Å². The lowest BCUT2D eigenvalue weighted by Crippen LogP contribution is -2.23. The summed E-state index contributed by atoms with van der Waals surface area (Å²) in [7, 11) is 3.19. The molecule has 3 aromatic rings. The van der Waals surface area contributed by atoms with Crippen LogP contribution < -0.4 is 9.47 Å². The number of hydrogen-bond donors (Lipinski definition) is 1. The molecule has 1 fully saturated rings. The van der Waals surface area contributed by atoms with Crippen LogP contribution in [0.3, 0.4) is 0 Å². The van der Waals surface area contributed by atoms with Crippen molar-refractivity contribution in [1.82, 2.24) is 4.90 Å². The van der Waals surface area contributed by atoms with Gasteiger partial charge in [-0.15, -0.1) is 0 Å². The summed E-state index contributed by atoms with van der Waals surface area (Å²) >= 11 is 10.7. The predicted octanol–water partition coefficient (Wildman–Crippen LogP) is 6.93. The number of carbonyl (C=O) groups excluding carboxylic acids is 1. The molecule has 10 heteroatoms. The van der Waals surface area contributed by atoms with Gasteiger partial charge in [0.25, 0.3) is 5.91 Å². The molecule has 190 valence electrons. The van der Waals surface area contributed by atoms with E-state index in [1.807, 2.05) is 12.1 Å². The van der Waals surface area contributed by atoms with Crippen molar-refractivity contribution in [2.45, 2.75) is 13.5 Å². The fraction of sp³-hybridized carbons (Fsp3) is 0.148. The number of ether oxygens (including phenoxy) is 2. The van der Waals surface area contributed by atoms with Crippen molar-refractivity contribution in [3.05, 3.63) is 91.3 Å². The number of likely N-dealkylation sites (N-methyl/N-ethyl adjacent to an activating group) is 1. The number of amidine groups is 1. The van der Waals surface area contributed by atoms with Crippen molar-refractivity contribution in [2.75, 3.05) is 14.2 Å². The molecule has 1 aliphatic rings. The maximum atomic E-state index is 13.0. The maximum Gasteiger partial charge on any atom is 0.336 e. The standard InChI is InChI=1S/C27H22BrClN2O5S/c1-15-19(26(33)34)5-4-6-21(15)30-27-31(2)25(32)24(37-27)12-17-11-22(35-3)23(13-20(17)28)36-14-16-7-9-18(29)10-8-16/h4-13H,14H2,1-3H3,(H,33,34)/b24-12-,30-27?. The lowest BCUT2D eigenvalue weighted by molar-refractivity contribution is -0.121. The van der Waals surface area contributed by atoms with Crippen LogP contribution in [0.15, 0.2) is 69.0 Å². The second kappa shape index (κ2) is 11.4. The van der Waals surface area contributed by atoms with Gasteiger partial charge in [-0.1, -0.05) is 45.7 Å². The van der Waals surface area contributed by atoms with Crippen LogP contribution in [-0.2, 0) is 11.4 Å². The first-order chi connectivity index (χ1) is 17.7. The molecule has 7 nitrogen and oxygen atoms in total. The normalized spacial score (nSPS) is 15.5. The SMILES string of the molecule is COc1cc(/C=C2\SC(=Nc3cccc(C(=O)O)c3C)N(C)C2=O)c(Br)cc1OCc1ccc(Cl)cc1. The zero-order valence-electron chi connectivity index (χ0n) is 20.1. The first-order valence-electron chi connectivity index (χ1n) is 11.0. The Labute approximate surface area is 231 Å². The number of thioether (sulfide) groups is 1. The Bertz CT molecular complexity index is 1440. The van der Waals surface area contributed by atoms with Gasteiger partial charge in [0.1, 0.15) is 6.61 Å². The van der Waals surface area contributed by atoms with E-state index in [9.17, 15) is 14.7 Å². The number of amides is 1. The molecule has 0 unspecified atom stereocenters. The highest BCUT2D eigenvalue weighted by Crippen LogP contribution is 2.39. The minimum Gasteiger partial charge on any atom is -0.493 e. The first kappa shape index (κ1) is 26.8. The summed E-state index contributed by atoms with van der Waals surface area (Å²) in [6.07, 6.45) is 1.75. The summed E-state index contributed by atoms with van der Waals surface area (Å²) in [4.78, 5) is 30.9. The van der Waals surface area contributed by atoms with Crippen LogP contribution in [0.1, 0.15) is 27.0 Å². The van der Waals surface area contributed by atoms with E-state index in [1.165, 1.54) is 22.7 Å². The minimum atomic E-state index is -1.02. The van der Waals surface area contributed by atoms with Crippen LogP contribution >= 0.6 is 39.3 Å². The number of aromatic carboxylic acids is 1. The highest BCUT2D eigenvalue weighted by atomic mass is 79.9. The number of nitrogens with zero attached hydrogens (tertiary/aromatic N) is 2. The van der Waals surface area contributed by atoms with E-state index >= 15 is 0 Å². The lowest BCUT2D eigenvalue weighted by atomic mass is 10.1. The molecule has 4 rings (SSSR count). The fourth-order valence-electron chi connectivity index (χ4n) is 3.55. The van der Waals surface area contributed by atoms with Gasteiger partial charge in [-0.05, 0) is 77.9 Å². The molecule has 0 bridgehead atoms. The Hall–Kier alpha value is -3.27. The zero-order valence-corrected chi connectivity index (χ0v) is 23.3. The molecule has 0 radical (unpaired) electrons. The quantitative estimate of drug-likeness (QED) is 0.296. The number of carboxylic acids is 1. The Morgan fingerprint density at radius 3 is 2.59 bits per heavy atom. The van der Waals surface area contributed by atoms with E-state index in [2.05, 4.69) is 20.9 Å². The Balaban J connectivity index is 1.59. The smallest absolute Gasteiger partial charge is 0.336 e. The number of benzene rings is 3. The van der Waals surface area contributed by atoms with Crippen LogP contribution in [0.2, 0.25) is 5.02 Å². The molecule has 0 saturated carbocycles. The highest BCUT2D eigenvalue weighted by Gasteiger charge is 2.31. The Morgan fingerprint density at radius 2 is 1.92 bits per heavy atom. The number of aliphatic imine (C=N–C) groups is 1. The average Bonchev–Trinajstić information content (AvgIpc) is 3.13. The van der Waals surface area contributed by atoms with Crippen LogP contribution in [0, 0.1) is 6.92 Å². The van der Waals surface area contributed by atoms with Crippen molar-refractivity contribution < 1.29 is 24.2 Å². The van der Waals surface area contributed by atoms with E-state index in [0.29, 0.717) is 44.5 Å². The van der Waals surface area contributed by atoms with Crippen molar-refractivity contribution >= 4 is 68.1 Å². The van der Waals surface area contributed by atoms with Gasteiger partial charge in [-0.3, -0.25) is 9.69 Å². The molecule has 1 saturated heterocycles. The Morgan fingerprint density at radius 1 is 1.19 bits per heavy atom. The van der Waals surface area contributed by atoms with Gasteiger partial charge in [-0.2, -0.15) is 0 Å². The summed E-state index contributed by atoms with van der Waals surface area (Å²) in [5.41, 5.74) is 2.88. The zero-order chi connectivity index (χ0) is 26.7. The van der Waals surface area contributed by atoms with Gasteiger partial charge < -0.3 is 14.6 Å². The molecular formula is C27H22BrClN2O5S. The van der Waals surface area contributed by atoms with Crippen molar-refractivity contribution in [3.8, 4) is 11.5 Å². The predicted molar refractivity (Wildman–Crippen MR) is 150 cm³/mol. The molecule has 37 heavy (non-hydrogen) atoms. The number of hydrogen-bond acceptors (Lipinski definition) is 6. The van der Waals surface area contributed by atoms with Crippen LogP contribution in [0.5, 0.6) is 11.5 Å². The monoisotopic (exact) mass is 600 g/mol. The highest BCUT2D eigenvalue weighted by molar-refractivity contribution is 9.10. The van der Waals surface area contributed by atoms with Crippen molar-refractivity contribution in [3.63, 3.8) is 0 Å². The summed E-state index contributed by atoms with van der Waals surface area (Å²) in [5.74, 6) is -0.180. The van der Waals surface area contributed by atoms with Crippen LogP contribution in [-0.4, -0.2) is 41.2 Å². The molecule has 0 spiro atoms. The van der Waals surface area contributed by atoms with E-state index in [-0.39, 0.29) is 11.5 Å². The molecule has 1 aliphatic heterocycles. The summed E-state index contributed by atoms with van der Waals surface area (Å²) in [5, 5.41) is 10.5. The third-order valence-corrected chi connectivity index (χ3v) is 7.63. The fourth-order valence-corrected chi connectivity index (χ4v) is 5.08. The van der Waals surface area contributed by atoms with Gasteiger partial charge in [0, 0.05) is 16.5 Å². The van der Waals surface area contributed by atoms with Gasteiger partial charge in [0.15, 0.2) is 16.7 Å². The largest absolute Gasteiger partial charge is 0.493 e. The number of carboxylic acid groups (broad SMARTS) is 1. The van der Waals surface area contributed by atoms with E-state index in [4.69, 9.17) is 21.1 Å². The molecular weight excluding hydrogens is 580 g/mol. The molecule has 1 heterocycles. The van der Waals surface area contributed by atoms with Gasteiger partial charge in [0.05, 0.1) is 23.3 Å². The molecule has 1 N–H and O–H groups in total. The van der Waals surface area contributed by atoms with E-state index in [1.54, 1.807) is 63.6 Å². The molecule has 3 aromatic carbocycles. The minimum absolute atomic E-state index is 0.170. The van der Waals surface area contributed by atoms with Crippen LogP contribution in [0.4, 0.5) is 5.69 Å². The van der Waals surface area contributed by atoms with E-state index < -0.39 is 5.97 Å². The van der Waals surface area contributed by atoms with Crippen molar-refractivity contribution in [1.29, 1.82) is 0 Å². The average molecular weight is 602 g/mol. The maximum absolute atomic E-state index is 13.0. The summed E-state index contributed by atoms with van der Waals surface area (Å²) in [6.45, 7) is 2.03. The molecule has 1 amide bonds. The van der Waals surface area contributed by atoms with Crippen molar-refractivity contribution in [2.24, 2.45) is 4.99 Å². The third-order valence-electron chi connectivity index (χ3n) is 5.63. The van der Waals surface area contributed by atoms with Crippen LogP contribution in [0.25, 0.3) is 6.08 Å². The second-order valence-electron chi connectivity index (χ2n) is 8.06. The summed E-state index contributed by atoms with van der Waals surface area (Å²) in [6, 6.07) is 15.9. The number of halogens is 2. The molecule has 0 atom stereocenters. The van der Waals surface area contributed by atoms with Gasteiger partial charge in [0.2, 0.25) is 0 Å². The van der Waals surface area contributed by atoms with Gasteiger partial charge in [-0.25, -0.2) is 9.79 Å². The number of methoxy groups -OCH3 is 1. The van der Waals surface area contributed by atoms with E-state index in [0.717, 1.165) is 15.6 Å². The van der Waals surface area contributed by atoms with Gasteiger partial charge >= 0.3 is 5.97 Å².